The lowest BCUT2D eigenvalue weighted by Crippen LogP contribution is -2.51. The van der Waals surface area contributed by atoms with Crippen molar-refractivity contribution in [3.8, 4) is 11.5 Å². The van der Waals surface area contributed by atoms with E-state index in [2.05, 4.69) is 56.1 Å². The van der Waals surface area contributed by atoms with Gasteiger partial charge in [0.2, 0.25) is 5.91 Å². The van der Waals surface area contributed by atoms with Gasteiger partial charge in [0.15, 0.2) is 11.5 Å². The maximum Gasteiger partial charge on any atom is 0.222 e. The first-order chi connectivity index (χ1) is 16.3. The monoisotopic (exact) mass is 466 g/mol. The van der Waals surface area contributed by atoms with Gasteiger partial charge < -0.3 is 19.3 Å². The molecule has 0 N–H and O–H groups in total. The second kappa shape index (κ2) is 11.7. The Morgan fingerprint density at radius 2 is 1.76 bits per heavy atom. The number of methoxy groups -OCH3 is 2. The van der Waals surface area contributed by atoms with E-state index in [4.69, 9.17) is 9.47 Å². The minimum Gasteiger partial charge on any atom is -0.493 e. The van der Waals surface area contributed by atoms with Crippen molar-refractivity contribution >= 4 is 5.91 Å². The maximum atomic E-state index is 13.0. The first-order valence-electron chi connectivity index (χ1n) is 12.5. The van der Waals surface area contributed by atoms with Crippen LogP contribution in [0.15, 0.2) is 48.5 Å². The number of benzene rings is 2. The number of piperidine rings is 1. The highest BCUT2D eigenvalue weighted by molar-refractivity contribution is 5.75. The predicted molar refractivity (Wildman–Crippen MR) is 138 cm³/mol. The van der Waals surface area contributed by atoms with Crippen LogP contribution in [0.1, 0.15) is 51.2 Å². The Labute approximate surface area is 206 Å². The van der Waals surface area contributed by atoms with Gasteiger partial charge in [0.25, 0.3) is 0 Å². The Morgan fingerprint density at radius 1 is 1.06 bits per heavy atom. The molecule has 0 aromatic heterocycles. The fourth-order valence-electron chi connectivity index (χ4n) is 5.51. The topological polar surface area (TPSA) is 42.0 Å². The molecule has 34 heavy (non-hydrogen) atoms. The molecule has 0 spiro atoms. The number of nitrogens with zero attached hydrogens (tertiary/aromatic N) is 2. The van der Waals surface area contributed by atoms with Crippen LogP contribution in [0.3, 0.4) is 0 Å². The van der Waals surface area contributed by atoms with Crippen LogP contribution in [-0.2, 0) is 17.8 Å². The maximum absolute atomic E-state index is 13.0. The van der Waals surface area contributed by atoms with Gasteiger partial charge in [-0.1, -0.05) is 50.2 Å². The Bertz CT molecular complexity index is 932. The van der Waals surface area contributed by atoms with Gasteiger partial charge in [-0.25, -0.2) is 0 Å². The minimum atomic E-state index is 0.164. The lowest BCUT2D eigenvalue weighted by molar-refractivity contribution is -0.132. The molecule has 186 valence electrons. The van der Waals surface area contributed by atoms with Gasteiger partial charge in [0.1, 0.15) is 0 Å². The Balaban J connectivity index is 1.83. The molecule has 0 unspecified atom stereocenters. The van der Waals surface area contributed by atoms with E-state index in [1.165, 1.54) is 5.56 Å². The molecule has 5 nitrogen and oxygen atoms in total. The van der Waals surface area contributed by atoms with Gasteiger partial charge in [-0.15, -0.1) is 0 Å². The molecule has 1 fully saturated rings. The van der Waals surface area contributed by atoms with Crippen LogP contribution in [0, 0.1) is 11.3 Å². The Morgan fingerprint density at radius 3 is 2.41 bits per heavy atom. The van der Waals surface area contributed by atoms with E-state index in [-0.39, 0.29) is 11.3 Å². The van der Waals surface area contributed by atoms with Gasteiger partial charge in [-0.05, 0) is 67.8 Å². The summed E-state index contributed by atoms with van der Waals surface area (Å²) in [4.78, 5) is 17.5. The van der Waals surface area contributed by atoms with E-state index in [1.54, 1.807) is 14.2 Å². The van der Waals surface area contributed by atoms with Crippen LogP contribution >= 0.6 is 0 Å². The third-order valence-electron chi connectivity index (χ3n) is 7.82. The molecule has 1 aliphatic heterocycles. The molecular weight excluding hydrogens is 424 g/mol. The average Bonchev–Trinajstić information content (AvgIpc) is 2.85. The molecule has 2 aromatic rings. The van der Waals surface area contributed by atoms with E-state index >= 15 is 0 Å². The summed E-state index contributed by atoms with van der Waals surface area (Å²) in [6.07, 6.45) is 3.70. The van der Waals surface area contributed by atoms with Crippen LogP contribution in [0.25, 0.3) is 0 Å². The molecule has 0 aliphatic carbocycles. The molecule has 1 aliphatic rings. The summed E-state index contributed by atoms with van der Waals surface area (Å²) in [7, 11) is 5.52. The van der Waals surface area contributed by atoms with Gasteiger partial charge in [-0.2, -0.15) is 0 Å². The fraction of sp³-hybridized carbons (Fsp3) is 0.552. The van der Waals surface area contributed by atoms with Crippen LogP contribution in [0.5, 0.6) is 11.5 Å². The summed E-state index contributed by atoms with van der Waals surface area (Å²) in [6.45, 7) is 9.11. The summed E-state index contributed by atoms with van der Waals surface area (Å²) in [5, 5.41) is 0. The minimum absolute atomic E-state index is 0.164. The largest absolute Gasteiger partial charge is 0.493 e. The molecule has 3 rings (SSSR count). The van der Waals surface area contributed by atoms with Crippen molar-refractivity contribution in [2.75, 3.05) is 34.4 Å². The normalized spacial score (nSPS) is 22.9. The molecule has 0 saturated carbocycles. The zero-order chi connectivity index (χ0) is 24.7. The van der Waals surface area contributed by atoms with Crippen LogP contribution in [-0.4, -0.2) is 56.1 Å². The SMILES string of the molecule is CCC(=O)N(CC[C@]1(Cc2ccccc2)C[C@H](C)N(C)C[C@@H]1C)Cc1ccc(OC)c(OC)c1. The molecule has 1 amide bonds. The van der Waals surface area contributed by atoms with E-state index in [1.807, 2.05) is 30.0 Å². The molecule has 1 heterocycles. The number of carbonyl (C=O) groups excluding carboxylic acids is 1. The second-order valence-electron chi connectivity index (χ2n) is 10.0. The highest BCUT2D eigenvalue weighted by Gasteiger charge is 2.42. The average molecular weight is 467 g/mol. The molecule has 2 aromatic carbocycles. The van der Waals surface area contributed by atoms with Crippen molar-refractivity contribution in [2.24, 2.45) is 11.3 Å². The van der Waals surface area contributed by atoms with Crippen molar-refractivity contribution in [2.45, 2.75) is 59.0 Å². The van der Waals surface area contributed by atoms with Gasteiger partial charge in [0, 0.05) is 32.1 Å². The van der Waals surface area contributed by atoms with Gasteiger partial charge in [0.05, 0.1) is 14.2 Å². The number of amides is 1. The van der Waals surface area contributed by atoms with Crippen LogP contribution in [0.4, 0.5) is 0 Å². The second-order valence-corrected chi connectivity index (χ2v) is 10.0. The number of carbonyl (C=O) groups is 1. The number of hydrogen-bond donors (Lipinski definition) is 0. The van der Waals surface area contributed by atoms with E-state index in [0.29, 0.717) is 36.4 Å². The summed E-state index contributed by atoms with van der Waals surface area (Å²) in [5.74, 6) is 2.14. The molecule has 0 bridgehead atoms. The third kappa shape index (κ3) is 6.12. The Hall–Kier alpha value is -2.53. The van der Waals surface area contributed by atoms with E-state index < -0.39 is 0 Å². The number of hydrogen-bond acceptors (Lipinski definition) is 4. The summed E-state index contributed by atoms with van der Waals surface area (Å²) in [6, 6.07) is 17.3. The van der Waals surface area contributed by atoms with Gasteiger partial charge >= 0.3 is 0 Å². The number of likely N-dealkylation sites (tertiary alicyclic amines) is 1. The van der Waals surface area contributed by atoms with E-state index in [9.17, 15) is 4.79 Å². The first-order valence-corrected chi connectivity index (χ1v) is 12.5. The Kier molecular flexibility index (Phi) is 9.01. The highest BCUT2D eigenvalue weighted by Crippen LogP contribution is 2.44. The molecule has 3 atom stereocenters. The highest BCUT2D eigenvalue weighted by atomic mass is 16.5. The number of ether oxygens (including phenoxy) is 2. The quantitative estimate of drug-likeness (QED) is 0.469. The molecule has 0 radical (unpaired) electrons. The van der Waals surface area contributed by atoms with E-state index in [0.717, 1.165) is 37.9 Å². The fourth-order valence-corrected chi connectivity index (χ4v) is 5.51. The lowest BCUT2D eigenvalue weighted by atomic mass is 9.63. The van der Waals surface area contributed by atoms with Crippen LogP contribution < -0.4 is 9.47 Å². The summed E-state index contributed by atoms with van der Waals surface area (Å²) in [5.41, 5.74) is 2.61. The summed E-state index contributed by atoms with van der Waals surface area (Å²) >= 11 is 0. The van der Waals surface area contributed by atoms with Crippen molar-refractivity contribution < 1.29 is 14.3 Å². The standard InChI is InChI=1S/C29H42N2O3/c1-7-28(32)31(21-25-13-14-26(33-5)27(17-25)34-6)16-15-29(19-24-11-9-8-10-12-24)18-23(3)30(4)20-22(29)2/h8-14,17,22-23H,7,15-16,18-21H2,1-6H3/t22-,23-,29+/m0/s1. The van der Waals surface area contributed by atoms with Gasteiger partial charge in [-0.3, -0.25) is 4.79 Å². The molecule has 1 saturated heterocycles. The third-order valence-corrected chi connectivity index (χ3v) is 7.82. The van der Waals surface area contributed by atoms with Crippen LogP contribution in [0.2, 0.25) is 0 Å². The summed E-state index contributed by atoms with van der Waals surface area (Å²) < 4.78 is 10.9. The molecular formula is C29H42N2O3. The zero-order valence-corrected chi connectivity index (χ0v) is 21.8. The van der Waals surface area contributed by atoms with Crippen molar-refractivity contribution in [1.29, 1.82) is 0 Å². The van der Waals surface area contributed by atoms with Crippen molar-refractivity contribution in [3.05, 3.63) is 59.7 Å². The first kappa shape index (κ1) is 26.1. The lowest BCUT2D eigenvalue weighted by Gasteiger charge is -2.50. The molecule has 5 heteroatoms. The zero-order valence-electron chi connectivity index (χ0n) is 21.8. The van der Waals surface area contributed by atoms with Crippen molar-refractivity contribution in [3.63, 3.8) is 0 Å². The predicted octanol–water partition coefficient (Wildman–Crippen LogP) is 5.42. The van der Waals surface area contributed by atoms with Crippen molar-refractivity contribution in [1.82, 2.24) is 9.80 Å². The smallest absolute Gasteiger partial charge is 0.222 e. The number of rotatable bonds is 10.